The summed E-state index contributed by atoms with van der Waals surface area (Å²) in [6, 6.07) is 3.75. The van der Waals surface area contributed by atoms with Crippen molar-refractivity contribution in [3.8, 4) is 0 Å². The van der Waals surface area contributed by atoms with Crippen LogP contribution in [0.1, 0.15) is 84.7 Å². The number of amides is 3. The average Bonchev–Trinajstić information content (AvgIpc) is 2.88. The third kappa shape index (κ3) is 3.99. The highest BCUT2D eigenvalue weighted by atomic mass is 16.6. The summed E-state index contributed by atoms with van der Waals surface area (Å²) in [5.74, 6) is -0.445. The standard InChI is InChI=1S/C21H28N2O4/c1-5-6-13-7-8-15-17(19(25)22-18(15)24)16(13)14-9-11-23(12-10-14)20(26)27-21(2,3)4/h7-8,14H,5-6,9-12H2,1-4H3,(H,22,24,25). The molecule has 2 aliphatic heterocycles. The molecule has 0 aromatic heterocycles. The van der Waals surface area contributed by atoms with Gasteiger partial charge < -0.3 is 9.64 Å². The second-order valence-electron chi connectivity index (χ2n) is 8.34. The van der Waals surface area contributed by atoms with Crippen LogP contribution in [0, 0.1) is 0 Å². The van der Waals surface area contributed by atoms with Crippen LogP contribution in [-0.2, 0) is 11.2 Å². The number of nitrogens with one attached hydrogen (secondary N) is 1. The topological polar surface area (TPSA) is 75.7 Å². The number of fused-ring (bicyclic) bond motifs is 1. The lowest BCUT2D eigenvalue weighted by Gasteiger charge is -2.34. The summed E-state index contributed by atoms with van der Waals surface area (Å²) in [7, 11) is 0. The molecule has 2 aliphatic rings. The van der Waals surface area contributed by atoms with Crippen LogP contribution in [0.4, 0.5) is 4.79 Å². The monoisotopic (exact) mass is 372 g/mol. The highest BCUT2D eigenvalue weighted by molar-refractivity contribution is 6.22. The average molecular weight is 372 g/mol. The van der Waals surface area contributed by atoms with Crippen molar-refractivity contribution in [2.45, 2.75) is 64.9 Å². The van der Waals surface area contributed by atoms with Crippen molar-refractivity contribution < 1.29 is 19.1 Å². The first-order chi connectivity index (χ1) is 12.7. The molecule has 0 saturated carbocycles. The number of nitrogens with zero attached hydrogens (tertiary/aromatic N) is 1. The molecule has 0 spiro atoms. The summed E-state index contributed by atoms with van der Waals surface area (Å²) < 4.78 is 5.46. The molecule has 1 aromatic carbocycles. The van der Waals surface area contributed by atoms with Crippen LogP contribution in [0.25, 0.3) is 0 Å². The predicted molar refractivity (Wildman–Crippen MR) is 102 cm³/mol. The van der Waals surface area contributed by atoms with Crippen LogP contribution in [0.3, 0.4) is 0 Å². The van der Waals surface area contributed by atoms with Crippen molar-refractivity contribution in [3.05, 3.63) is 34.4 Å². The first kappa shape index (κ1) is 19.4. The minimum Gasteiger partial charge on any atom is -0.444 e. The summed E-state index contributed by atoms with van der Waals surface area (Å²) in [4.78, 5) is 38.5. The number of aryl methyl sites for hydroxylation is 1. The van der Waals surface area contributed by atoms with E-state index < -0.39 is 5.60 Å². The molecule has 3 amide bonds. The van der Waals surface area contributed by atoms with Crippen molar-refractivity contribution in [1.29, 1.82) is 0 Å². The molecule has 0 bridgehead atoms. The molecule has 0 aliphatic carbocycles. The van der Waals surface area contributed by atoms with E-state index in [4.69, 9.17) is 4.74 Å². The molecule has 6 nitrogen and oxygen atoms in total. The zero-order valence-corrected chi connectivity index (χ0v) is 16.6. The normalized spacial score (nSPS) is 17.7. The van der Waals surface area contributed by atoms with Gasteiger partial charge in [-0.25, -0.2) is 4.79 Å². The van der Waals surface area contributed by atoms with E-state index in [1.165, 1.54) is 0 Å². The maximum absolute atomic E-state index is 12.4. The van der Waals surface area contributed by atoms with Crippen molar-refractivity contribution in [1.82, 2.24) is 10.2 Å². The number of hydrogen-bond acceptors (Lipinski definition) is 4. The Hall–Kier alpha value is -2.37. The van der Waals surface area contributed by atoms with Gasteiger partial charge in [-0.15, -0.1) is 0 Å². The van der Waals surface area contributed by atoms with Gasteiger partial charge >= 0.3 is 6.09 Å². The molecule has 1 aromatic rings. The van der Waals surface area contributed by atoms with Crippen LogP contribution in [0.5, 0.6) is 0 Å². The number of carbonyl (C=O) groups excluding carboxylic acids is 3. The van der Waals surface area contributed by atoms with E-state index in [0.717, 1.165) is 36.8 Å². The second kappa shape index (κ2) is 7.33. The Morgan fingerprint density at radius 3 is 2.44 bits per heavy atom. The minimum atomic E-state index is -0.513. The van der Waals surface area contributed by atoms with Crippen molar-refractivity contribution >= 4 is 17.9 Å². The van der Waals surface area contributed by atoms with Crippen LogP contribution in [0.2, 0.25) is 0 Å². The van der Waals surface area contributed by atoms with Gasteiger partial charge in [-0.3, -0.25) is 14.9 Å². The van der Waals surface area contributed by atoms with Crippen LogP contribution < -0.4 is 5.32 Å². The molecule has 6 heteroatoms. The Balaban J connectivity index is 1.83. The Morgan fingerprint density at radius 1 is 1.19 bits per heavy atom. The highest BCUT2D eigenvalue weighted by Crippen LogP contribution is 2.37. The minimum absolute atomic E-state index is 0.164. The highest BCUT2D eigenvalue weighted by Gasteiger charge is 2.35. The number of likely N-dealkylation sites (tertiary alicyclic amines) is 1. The van der Waals surface area contributed by atoms with Gasteiger partial charge in [-0.05, 0) is 63.1 Å². The fourth-order valence-corrected chi connectivity index (χ4v) is 3.96. The fraction of sp³-hybridized carbons (Fsp3) is 0.571. The maximum Gasteiger partial charge on any atom is 0.410 e. The molecule has 1 saturated heterocycles. The van der Waals surface area contributed by atoms with E-state index in [2.05, 4.69) is 12.2 Å². The van der Waals surface area contributed by atoms with E-state index in [9.17, 15) is 14.4 Å². The molecular formula is C21H28N2O4. The third-order valence-corrected chi connectivity index (χ3v) is 5.11. The van der Waals surface area contributed by atoms with E-state index in [-0.39, 0.29) is 23.8 Å². The zero-order valence-electron chi connectivity index (χ0n) is 16.6. The first-order valence-electron chi connectivity index (χ1n) is 9.70. The molecule has 0 radical (unpaired) electrons. The molecule has 27 heavy (non-hydrogen) atoms. The van der Waals surface area contributed by atoms with E-state index in [0.29, 0.717) is 24.2 Å². The zero-order chi connectivity index (χ0) is 19.8. The number of piperidine rings is 1. The van der Waals surface area contributed by atoms with Crippen molar-refractivity contribution in [3.63, 3.8) is 0 Å². The number of rotatable bonds is 3. The molecule has 2 heterocycles. The number of imide groups is 1. The van der Waals surface area contributed by atoms with Crippen LogP contribution in [0.15, 0.2) is 12.1 Å². The van der Waals surface area contributed by atoms with Gasteiger partial charge in [0.25, 0.3) is 11.8 Å². The third-order valence-electron chi connectivity index (χ3n) is 5.11. The van der Waals surface area contributed by atoms with Gasteiger partial charge in [0.2, 0.25) is 0 Å². The molecule has 0 unspecified atom stereocenters. The summed E-state index contributed by atoms with van der Waals surface area (Å²) in [6.07, 6.45) is 3.07. The molecule has 1 fully saturated rings. The largest absolute Gasteiger partial charge is 0.444 e. The maximum atomic E-state index is 12.4. The molecule has 1 N–H and O–H groups in total. The van der Waals surface area contributed by atoms with Crippen LogP contribution >= 0.6 is 0 Å². The quantitative estimate of drug-likeness (QED) is 0.822. The fourth-order valence-electron chi connectivity index (χ4n) is 3.96. The molecule has 3 rings (SSSR count). The lowest BCUT2D eigenvalue weighted by molar-refractivity contribution is 0.0204. The van der Waals surface area contributed by atoms with Gasteiger partial charge in [0, 0.05) is 13.1 Å². The second-order valence-corrected chi connectivity index (χ2v) is 8.34. The number of hydrogen-bond donors (Lipinski definition) is 1. The Kier molecular flexibility index (Phi) is 5.27. The van der Waals surface area contributed by atoms with E-state index in [1.807, 2.05) is 26.8 Å². The van der Waals surface area contributed by atoms with Gasteiger partial charge in [-0.2, -0.15) is 0 Å². The molecular weight excluding hydrogens is 344 g/mol. The summed E-state index contributed by atoms with van der Waals surface area (Å²) in [5, 5.41) is 2.42. The Labute approximate surface area is 160 Å². The predicted octanol–water partition coefficient (Wildman–Crippen LogP) is 3.64. The van der Waals surface area contributed by atoms with Gasteiger partial charge in [-0.1, -0.05) is 19.4 Å². The Morgan fingerprint density at radius 2 is 1.85 bits per heavy atom. The van der Waals surface area contributed by atoms with E-state index in [1.54, 1.807) is 11.0 Å². The van der Waals surface area contributed by atoms with Gasteiger partial charge in [0.1, 0.15) is 5.60 Å². The lowest BCUT2D eigenvalue weighted by Crippen LogP contribution is -2.41. The van der Waals surface area contributed by atoms with Crippen LogP contribution in [-0.4, -0.2) is 41.5 Å². The molecule has 146 valence electrons. The van der Waals surface area contributed by atoms with Crippen molar-refractivity contribution in [2.24, 2.45) is 0 Å². The smallest absolute Gasteiger partial charge is 0.410 e. The van der Waals surface area contributed by atoms with Gasteiger partial charge in [0.05, 0.1) is 11.1 Å². The number of ether oxygens (including phenoxy) is 1. The van der Waals surface area contributed by atoms with Crippen molar-refractivity contribution in [2.75, 3.05) is 13.1 Å². The lowest BCUT2D eigenvalue weighted by atomic mass is 9.81. The molecule has 0 atom stereocenters. The number of carbonyl (C=O) groups is 3. The summed E-state index contributed by atoms with van der Waals surface area (Å²) in [5.41, 5.74) is 2.64. The number of benzene rings is 1. The van der Waals surface area contributed by atoms with Gasteiger partial charge in [0.15, 0.2) is 0 Å². The first-order valence-corrected chi connectivity index (χ1v) is 9.70. The van der Waals surface area contributed by atoms with E-state index >= 15 is 0 Å². The SMILES string of the molecule is CCCc1ccc2c(c1C1CCN(C(=O)OC(C)(C)C)CC1)C(=O)NC2=O. The Bertz CT molecular complexity index is 771. The summed E-state index contributed by atoms with van der Waals surface area (Å²) in [6.45, 7) is 8.86. The summed E-state index contributed by atoms with van der Waals surface area (Å²) >= 11 is 0.